The number of amides is 1. The standard InChI is InChI=1S/C26H19BrN2O4/c27-24-13-9-19(22-5-1-2-6-23(22)24)16-25(30)29-28-17-18-7-10-21(11-8-18)33-26(31)14-12-20-4-3-15-32-20/h1-15,17H,16H2,(H,29,30)/b14-12+,28-17+. The van der Waals surface area contributed by atoms with Crippen molar-refractivity contribution in [3.8, 4) is 5.75 Å². The first-order chi connectivity index (χ1) is 16.1. The summed E-state index contributed by atoms with van der Waals surface area (Å²) in [6.07, 6.45) is 6.09. The molecule has 0 saturated heterocycles. The highest BCUT2D eigenvalue weighted by Gasteiger charge is 2.08. The summed E-state index contributed by atoms with van der Waals surface area (Å²) in [4.78, 5) is 24.2. The van der Waals surface area contributed by atoms with E-state index in [1.165, 1.54) is 24.6 Å². The number of carbonyl (C=O) groups excluding carboxylic acids is 2. The van der Waals surface area contributed by atoms with Gasteiger partial charge in [-0.15, -0.1) is 0 Å². The molecular weight excluding hydrogens is 484 g/mol. The Balaban J connectivity index is 1.30. The lowest BCUT2D eigenvalue weighted by atomic mass is 10.0. The number of halogens is 1. The van der Waals surface area contributed by atoms with Crippen molar-refractivity contribution in [2.24, 2.45) is 5.10 Å². The number of esters is 1. The number of hydrogen-bond donors (Lipinski definition) is 1. The number of nitrogens with one attached hydrogen (secondary N) is 1. The molecule has 0 radical (unpaired) electrons. The molecule has 3 aromatic carbocycles. The Hall–Kier alpha value is -3.97. The summed E-state index contributed by atoms with van der Waals surface area (Å²) in [5.41, 5.74) is 4.22. The lowest BCUT2D eigenvalue weighted by Crippen LogP contribution is -2.19. The first-order valence-electron chi connectivity index (χ1n) is 10.1. The molecule has 6 nitrogen and oxygen atoms in total. The van der Waals surface area contributed by atoms with Gasteiger partial charge in [-0.25, -0.2) is 10.2 Å². The predicted molar refractivity (Wildman–Crippen MR) is 131 cm³/mol. The summed E-state index contributed by atoms with van der Waals surface area (Å²) in [6, 6.07) is 22.0. The molecule has 1 aromatic heterocycles. The van der Waals surface area contributed by atoms with E-state index in [1.807, 2.05) is 36.4 Å². The molecule has 0 fully saturated rings. The van der Waals surface area contributed by atoms with Crippen LogP contribution >= 0.6 is 15.9 Å². The fraction of sp³-hybridized carbons (Fsp3) is 0.0385. The van der Waals surface area contributed by atoms with Gasteiger partial charge in [0.2, 0.25) is 5.91 Å². The Labute approximate surface area is 198 Å². The van der Waals surface area contributed by atoms with Crippen molar-refractivity contribution in [3.05, 3.63) is 106 Å². The van der Waals surface area contributed by atoms with Gasteiger partial charge in [-0.2, -0.15) is 5.10 Å². The minimum absolute atomic E-state index is 0.214. The second-order valence-corrected chi connectivity index (χ2v) is 7.92. The number of fused-ring (bicyclic) bond motifs is 1. The van der Waals surface area contributed by atoms with Crippen molar-refractivity contribution in [2.45, 2.75) is 6.42 Å². The first kappa shape index (κ1) is 22.2. The van der Waals surface area contributed by atoms with Crippen molar-refractivity contribution >= 4 is 50.9 Å². The van der Waals surface area contributed by atoms with Crippen LogP contribution in [0.25, 0.3) is 16.8 Å². The van der Waals surface area contributed by atoms with Crippen LogP contribution in [-0.2, 0) is 16.0 Å². The minimum Gasteiger partial charge on any atom is -0.465 e. The zero-order chi connectivity index (χ0) is 23.0. The average molecular weight is 503 g/mol. The molecule has 4 aromatic rings. The van der Waals surface area contributed by atoms with E-state index in [0.29, 0.717) is 11.5 Å². The van der Waals surface area contributed by atoms with Crippen molar-refractivity contribution < 1.29 is 18.7 Å². The van der Waals surface area contributed by atoms with Gasteiger partial charge in [-0.1, -0.05) is 46.3 Å². The molecule has 0 saturated carbocycles. The van der Waals surface area contributed by atoms with Crippen molar-refractivity contribution in [3.63, 3.8) is 0 Å². The first-order valence-corrected chi connectivity index (χ1v) is 10.9. The minimum atomic E-state index is -0.513. The molecule has 33 heavy (non-hydrogen) atoms. The number of hydrazone groups is 1. The maximum Gasteiger partial charge on any atom is 0.336 e. The Morgan fingerprint density at radius 3 is 2.52 bits per heavy atom. The van der Waals surface area contributed by atoms with Crippen LogP contribution in [0.15, 0.2) is 99.1 Å². The van der Waals surface area contributed by atoms with Crippen LogP contribution in [0, 0.1) is 0 Å². The highest BCUT2D eigenvalue weighted by Crippen LogP contribution is 2.27. The van der Waals surface area contributed by atoms with Gasteiger partial charge in [0.15, 0.2) is 0 Å². The summed E-state index contributed by atoms with van der Waals surface area (Å²) in [6.45, 7) is 0. The number of furan rings is 1. The Bertz CT molecular complexity index is 1330. The Morgan fingerprint density at radius 2 is 1.76 bits per heavy atom. The van der Waals surface area contributed by atoms with Gasteiger partial charge in [-0.3, -0.25) is 4.79 Å². The SMILES string of the molecule is O=C(Cc1ccc(Br)c2ccccc12)N/N=C/c1ccc(OC(=O)/C=C/c2ccco2)cc1. The van der Waals surface area contributed by atoms with Crippen LogP contribution < -0.4 is 10.2 Å². The average Bonchev–Trinajstić information content (AvgIpc) is 3.35. The largest absolute Gasteiger partial charge is 0.465 e. The zero-order valence-corrected chi connectivity index (χ0v) is 19.0. The van der Waals surface area contributed by atoms with Crippen LogP contribution in [0.4, 0.5) is 0 Å². The van der Waals surface area contributed by atoms with E-state index in [2.05, 4.69) is 26.5 Å². The summed E-state index contributed by atoms with van der Waals surface area (Å²) >= 11 is 3.54. The molecule has 1 N–H and O–H groups in total. The van der Waals surface area contributed by atoms with E-state index in [4.69, 9.17) is 9.15 Å². The number of carbonyl (C=O) groups is 2. The maximum atomic E-state index is 12.3. The maximum absolute atomic E-state index is 12.3. The smallest absolute Gasteiger partial charge is 0.336 e. The summed E-state index contributed by atoms with van der Waals surface area (Å²) in [5, 5.41) is 6.10. The molecule has 1 amide bonds. The monoisotopic (exact) mass is 502 g/mol. The van der Waals surface area contributed by atoms with Gasteiger partial charge < -0.3 is 9.15 Å². The number of benzene rings is 3. The third kappa shape index (κ3) is 6.05. The third-order valence-electron chi connectivity index (χ3n) is 4.74. The van der Waals surface area contributed by atoms with Gasteiger partial charge in [0.25, 0.3) is 0 Å². The van der Waals surface area contributed by atoms with Crippen LogP contribution in [0.5, 0.6) is 5.75 Å². The van der Waals surface area contributed by atoms with Crippen molar-refractivity contribution in [2.75, 3.05) is 0 Å². The molecule has 0 unspecified atom stereocenters. The van der Waals surface area contributed by atoms with Gasteiger partial charge in [-0.05, 0) is 70.4 Å². The van der Waals surface area contributed by atoms with Gasteiger partial charge >= 0.3 is 5.97 Å². The van der Waals surface area contributed by atoms with Gasteiger partial charge in [0.1, 0.15) is 11.5 Å². The highest BCUT2D eigenvalue weighted by molar-refractivity contribution is 9.10. The topological polar surface area (TPSA) is 80.9 Å². The highest BCUT2D eigenvalue weighted by atomic mass is 79.9. The molecule has 0 bridgehead atoms. The summed E-state index contributed by atoms with van der Waals surface area (Å²) in [7, 11) is 0. The number of rotatable bonds is 7. The van der Waals surface area contributed by atoms with Crippen molar-refractivity contribution in [1.82, 2.24) is 5.43 Å². The Morgan fingerprint density at radius 1 is 0.970 bits per heavy atom. The van der Waals surface area contributed by atoms with Crippen molar-refractivity contribution in [1.29, 1.82) is 0 Å². The second kappa shape index (κ2) is 10.6. The van der Waals surface area contributed by atoms with E-state index in [9.17, 15) is 9.59 Å². The van der Waals surface area contributed by atoms with Crippen LogP contribution in [0.1, 0.15) is 16.9 Å². The Kier molecular flexibility index (Phi) is 7.12. The molecule has 0 spiro atoms. The molecular formula is C26H19BrN2O4. The van der Waals surface area contributed by atoms with E-state index in [1.54, 1.807) is 36.4 Å². The zero-order valence-electron chi connectivity index (χ0n) is 17.4. The lowest BCUT2D eigenvalue weighted by Gasteiger charge is -2.07. The molecule has 7 heteroatoms. The molecule has 164 valence electrons. The fourth-order valence-electron chi connectivity index (χ4n) is 3.18. The summed E-state index contributed by atoms with van der Waals surface area (Å²) in [5.74, 6) is 0.231. The van der Waals surface area contributed by atoms with Gasteiger partial charge in [0, 0.05) is 10.5 Å². The number of hydrogen-bond acceptors (Lipinski definition) is 5. The van der Waals surface area contributed by atoms with E-state index >= 15 is 0 Å². The molecule has 0 aliphatic rings. The number of nitrogens with zero attached hydrogens (tertiary/aromatic N) is 1. The van der Waals surface area contributed by atoms with Crippen LogP contribution in [-0.4, -0.2) is 18.1 Å². The summed E-state index contributed by atoms with van der Waals surface area (Å²) < 4.78 is 11.3. The lowest BCUT2D eigenvalue weighted by molar-refractivity contribution is -0.129. The molecule has 4 rings (SSSR count). The van der Waals surface area contributed by atoms with E-state index < -0.39 is 5.97 Å². The van der Waals surface area contributed by atoms with Gasteiger partial charge in [0.05, 0.1) is 18.9 Å². The normalized spacial score (nSPS) is 11.3. The predicted octanol–water partition coefficient (Wildman–Crippen LogP) is 5.51. The third-order valence-corrected chi connectivity index (χ3v) is 5.43. The second-order valence-electron chi connectivity index (χ2n) is 7.06. The molecule has 0 aliphatic heterocycles. The molecule has 0 aliphatic carbocycles. The van der Waals surface area contributed by atoms with E-state index in [-0.39, 0.29) is 12.3 Å². The quantitative estimate of drug-likeness (QED) is 0.119. The van der Waals surface area contributed by atoms with Crippen LogP contribution in [0.3, 0.4) is 0 Å². The van der Waals surface area contributed by atoms with E-state index in [0.717, 1.165) is 26.4 Å². The molecule has 0 atom stereocenters. The fourth-order valence-corrected chi connectivity index (χ4v) is 3.66. The number of ether oxygens (including phenoxy) is 1. The van der Waals surface area contributed by atoms with Crippen LogP contribution in [0.2, 0.25) is 0 Å². The molecule has 1 heterocycles.